The van der Waals surface area contributed by atoms with E-state index in [2.05, 4.69) is 10.3 Å². The van der Waals surface area contributed by atoms with Crippen molar-refractivity contribution in [3.05, 3.63) is 23.4 Å². The lowest BCUT2D eigenvalue weighted by Crippen LogP contribution is -2.48. The van der Waals surface area contributed by atoms with Crippen LogP contribution in [0.2, 0.25) is 0 Å². The Morgan fingerprint density at radius 1 is 1.42 bits per heavy atom. The summed E-state index contributed by atoms with van der Waals surface area (Å²) in [4.78, 5) is 16.4. The first kappa shape index (κ1) is 13.6. The van der Waals surface area contributed by atoms with Crippen LogP contribution in [0.4, 0.5) is 19.0 Å². The predicted molar refractivity (Wildman–Crippen MR) is 62.4 cm³/mol. The van der Waals surface area contributed by atoms with E-state index in [9.17, 15) is 18.0 Å². The lowest BCUT2D eigenvalue weighted by molar-refractivity contribution is -0.141. The normalized spacial score (nSPS) is 16.4. The molecule has 3 N–H and O–H groups in total. The number of carbonyl (C=O) groups excluding carboxylic acids is 1. The largest absolute Gasteiger partial charge is 0.433 e. The van der Waals surface area contributed by atoms with Gasteiger partial charge in [-0.1, -0.05) is 6.07 Å². The van der Waals surface area contributed by atoms with Crippen LogP contribution in [0, 0.1) is 0 Å². The lowest BCUT2D eigenvalue weighted by atomic mass is 10.2. The summed E-state index contributed by atoms with van der Waals surface area (Å²) in [6.45, 7) is 0.841. The molecule has 104 valence electrons. The van der Waals surface area contributed by atoms with E-state index < -0.39 is 11.9 Å². The van der Waals surface area contributed by atoms with Crippen molar-refractivity contribution in [1.29, 1.82) is 0 Å². The van der Waals surface area contributed by atoms with Crippen LogP contribution in [-0.4, -0.2) is 30.5 Å². The highest BCUT2D eigenvalue weighted by Gasteiger charge is 2.34. The molecule has 0 spiro atoms. The number of nitrogens with zero attached hydrogens (tertiary/aromatic N) is 2. The maximum Gasteiger partial charge on any atom is 0.433 e. The summed E-state index contributed by atoms with van der Waals surface area (Å²) < 4.78 is 38.0. The van der Waals surface area contributed by atoms with Gasteiger partial charge in [0.15, 0.2) is 0 Å². The molecule has 1 saturated heterocycles. The number of aromatic nitrogens is 1. The Bertz CT molecular complexity index is 489. The Morgan fingerprint density at radius 3 is 2.74 bits per heavy atom. The highest BCUT2D eigenvalue weighted by molar-refractivity contribution is 5.82. The van der Waals surface area contributed by atoms with Gasteiger partial charge in [-0.25, -0.2) is 4.98 Å². The first-order valence-electron chi connectivity index (χ1n) is 5.70. The van der Waals surface area contributed by atoms with Gasteiger partial charge in [0.05, 0.1) is 6.54 Å². The number of amides is 1. The van der Waals surface area contributed by atoms with Crippen LogP contribution in [0.5, 0.6) is 0 Å². The van der Waals surface area contributed by atoms with Crippen LogP contribution in [0.1, 0.15) is 11.3 Å². The quantitative estimate of drug-likeness (QED) is 0.823. The zero-order valence-electron chi connectivity index (χ0n) is 10.00. The van der Waals surface area contributed by atoms with Gasteiger partial charge in [0.25, 0.3) is 0 Å². The maximum atomic E-state index is 12.7. The highest BCUT2D eigenvalue weighted by Crippen LogP contribution is 2.30. The van der Waals surface area contributed by atoms with Crippen LogP contribution in [0.15, 0.2) is 12.1 Å². The number of nitrogens with one attached hydrogen (secondary N) is 1. The van der Waals surface area contributed by atoms with Gasteiger partial charge in [0, 0.05) is 25.2 Å². The minimum absolute atomic E-state index is 0.0126. The average Bonchev–Trinajstić information content (AvgIpc) is 2.37. The second-order valence-electron chi connectivity index (χ2n) is 4.15. The third-order valence-electron chi connectivity index (χ3n) is 2.80. The molecule has 0 unspecified atom stereocenters. The number of hydrogen-bond donors (Lipinski definition) is 2. The van der Waals surface area contributed by atoms with Crippen molar-refractivity contribution in [2.75, 3.05) is 24.5 Å². The van der Waals surface area contributed by atoms with E-state index in [1.807, 2.05) is 0 Å². The van der Waals surface area contributed by atoms with Gasteiger partial charge < -0.3 is 16.0 Å². The first-order valence-corrected chi connectivity index (χ1v) is 5.70. The van der Waals surface area contributed by atoms with Crippen molar-refractivity contribution in [2.45, 2.75) is 12.7 Å². The Morgan fingerprint density at radius 2 is 2.16 bits per heavy atom. The van der Waals surface area contributed by atoms with Gasteiger partial charge in [0.1, 0.15) is 11.5 Å². The monoisotopic (exact) mass is 274 g/mol. The third kappa shape index (κ3) is 2.95. The number of piperazine rings is 1. The summed E-state index contributed by atoms with van der Waals surface area (Å²) in [6, 6.07) is 2.20. The van der Waals surface area contributed by atoms with E-state index in [0.717, 1.165) is 6.07 Å². The predicted octanol–water partition coefficient (Wildman–Crippen LogP) is 0.495. The molecule has 0 aromatic carbocycles. The van der Waals surface area contributed by atoms with Gasteiger partial charge in [-0.3, -0.25) is 4.79 Å². The summed E-state index contributed by atoms with van der Waals surface area (Å²) in [5, 5.41) is 2.60. The van der Waals surface area contributed by atoms with E-state index in [1.165, 1.54) is 11.0 Å². The lowest BCUT2D eigenvalue weighted by Gasteiger charge is -2.29. The number of pyridine rings is 1. The molecule has 1 aliphatic rings. The van der Waals surface area contributed by atoms with Gasteiger partial charge in [-0.05, 0) is 6.07 Å². The molecule has 0 atom stereocenters. The number of rotatable bonds is 2. The molecular formula is C11H13F3N4O. The number of carbonyl (C=O) groups is 1. The van der Waals surface area contributed by atoms with Crippen molar-refractivity contribution in [3.8, 4) is 0 Å². The zero-order chi connectivity index (χ0) is 14.0. The first-order chi connectivity index (χ1) is 8.91. The molecule has 1 aromatic rings. The molecule has 1 aromatic heterocycles. The number of alkyl halides is 3. The number of nitrogens with two attached hydrogens (primary N) is 1. The number of anilines is 1. The zero-order valence-corrected chi connectivity index (χ0v) is 10.00. The molecule has 2 rings (SSSR count). The SMILES string of the molecule is NCc1ccc(C(F)(F)F)nc1N1CCNC(=O)C1. The van der Waals surface area contributed by atoms with Crippen molar-refractivity contribution >= 4 is 11.7 Å². The molecule has 0 radical (unpaired) electrons. The molecule has 0 saturated carbocycles. The second-order valence-corrected chi connectivity index (χ2v) is 4.15. The topological polar surface area (TPSA) is 71.2 Å². The van der Waals surface area contributed by atoms with Crippen molar-refractivity contribution in [3.63, 3.8) is 0 Å². The van der Waals surface area contributed by atoms with E-state index >= 15 is 0 Å². The molecule has 2 heterocycles. The second kappa shape index (κ2) is 5.04. The smallest absolute Gasteiger partial charge is 0.353 e. The fourth-order valence-corrected chi connectivity index (χ4v) is 1.89. The Labute approximate surface area is 107 Å². The molecule has 1 aliphatic heterocycles. The van der Waals surface area contributed by atoms with Crippen molar-refractivity contribution in [1.82, 2.24) is 10.3 Å². The third-order valence-corrected chi connectivity index (χ3v) is 2.80. The number of hydrogen-bond acceptors (Lipinski definition) is 4. The van der Waals surface area contributed by atoms with E-state index in [0.29, 0.717) is 18.7 Å². The molecule has 1 amide bonds. The van der Waals surface area contributed by atoms with E-state index in [4.69, 9.17) is 5.73 Å². The minimum Gasteiger partial charge on any atom is -0.353 e. The summed E-state index contributed by atoms with van der Waals surface area (Å²) in [7, 11) is 0. The summed E-state index contributed by atoms with van der Waals surface area (Å²) >= 11 is 0. The van der Waals surface area contributed by atoms with Crippen molar-refractivity contribution < 1.29 is 18.0 Å². The van der Waals surface area contributed by atoms with Crippen LogP contribution >= 0.6 is 0 Å². The standard InChI is InChI=1S/C11H13F3N4O/c12-11(13,14)8-2-1-7(5-15)10(17-8)18-4-3-16-9(19)6-18/h1-2H,3-6,15H2,(H,16,19). The number of halogens is 3. The van der Waals surface area contributed by atoms with Gasteiger partial charge in [-0.2, -0.15) is 13.2 Å². The molecular weight excluding hydrogens is 261 g/mol. The summed E-state index contributed by atoms with van der Waals surface area (Å²) in [5.74, 6) is -0.111. The Hall–Kier alpha value is -1.83. The van der Waals surface area contributed by atoms with Gasteiger partial charge in [-0.15, -0.1) is 0 Å². The van der Waals surface area contributed by atoms with Crippen LogP contribution < -0.4 is 16.0 Å². The highest BCUT2D eigenvalue weighted by atomic mass is 19.4. The molecule has 0 aliphatic carbocycles. The minimum atomic E-state index is -4.51. The summed E-state index contributed by atoms with van der Waals surface area (Å²) in [5.41, 5.74) is 5.01. The molecule has 0 bridgehead atoms. The average molecular weight is 274 g/mol. The molecule has 19 heavy (non-hydrogen) atoms. The van der Waals surface area contributed by atoms with Gasteiger partial charge in [0.2, 0.25) is 5.91 Å². The maximum absolute atomic E-state index is 12.7. The molecule has 1 fully saturated rings. The fraction of sp³-hybridized carbons (Fsp3) is 0.455. The van der Waals surface area contributed by atoms with Crippen molar-refractivity contribution in [2.24, 2.45) is 5.73 Å². The van der Waals surface area contributed by atoms with Crippen LogP contribution in [0.25, 0.3) is 0 Å². The van der Waals surface area contributed by atoms with Gasteiger partial charge >= 0.3 is 6.18 Å². The molecule has 8 heteroatoms. The Balaban J connectivity index is 2.38. The summed E-state index contributed by atoms with van der Waals surface area (Å²) in [6.07, 6.45) is -4.51. The molecule has 5 nitrogen and oxygen atoms in total. The van der Waals surface area contributed by atoms with Crippen LogP contribution in [0.3, 0.4) is 0 Å². The Kier molecular flexibility index (Phi) is 3.61. The van der Waals surface area contributed by atoms with Crippen LogP contribution in [-0.2, 0) is 17.5 Å². The van der Waals surface area contributed by atoms with E-state index in [-0.39, 0.29) is 24.8 Å². The van der Waals surface area contributed by atoms with E-state index in [1.54, 1.807) is 0 Å². The fourth-order valence-electron chi connectivity index (χ4n) is 1.89.